The Bertz CT molecular complexity index is 145. The topological polar surface area (TPSA) is 20.3 Å². The summed E-state index contributed by atoms with van der Waals surface area (Å²) in [5.41, 5.74) is -0.127. The smallest absolute Gasteiger partial charge is 0.129 e. The van der Waals surface area contributed by atoms with E-state index in [-0.39, 0.29) is 11.3 Å². The third-order valence-corrected chi connectivity index (χ3v) is 2.71. The van der Waals surface area contributed by atoms with E-state index in [1.807, 2.05) is 13.8 Å². The van der Waals surface area contributed by atoms with Crippen molar-refractivity contribution in [3.8, 4) is 0 Å². The number of carbonyl (C=O) groups is 1. The summed E-state index contributed by atoms with van der Waals surface area (Å²) < 4.78 is 1.54. The van der Waals surface area contributed by atoms with Gasteiger partial charge in [-0.2, -0.15) is 3.71 Å². The van der Waals surface area contributed by atoms with Gasteiger partial charge in [0.2, 0.25) is 0 Å². The Kier molecular flexibility index (Phi) is 4.51. The van der Waals surface area contributed by atoms with Crippen molar-refractivity contribution in [3.05, 3.63) is 0 Å². The molecule has 0 spiro atoms. The largest absolute Gasteiger partial charge is 0.300 e. The molecule has 0 saturated carbocycles. The fourth-order valence-corrected chi connectivity index (χ4v) is 0.782. The Morgan fingerprint density at radius 3 is 2.18 bits per heavy atom. The van der Waals surface area contributed by atoms with Gasteiger partial charge in [0, 0.05) is 12.0 Å². The Hall–Kier alpha value is 0.330. The first-order valence-electron chi connectivity index (χ1n) is 3.53. The van der Waals surface area contributed by atoms with Gasteiger partial charge in [-0.3, -0.25) is 0 Å². The highest BCUT2D eigenvalue weighted by Gasteiger charge is 2.22. The molecule has 0 bridgehead atoms. The predicted molar refractivity (Wildman–Crippen MR) is 53.8 cm³/mol. The molecule has 0 aromatic rings. The third kappa shape index (κ3) is 4.71. The molecule has 0 aliphatic carbocycles. The van der Waals surface area contributed by atoms with Crippen LogP contribution in [0, 0.1) is 0 Å². The highest BCUT2D eigenvalue weighted by molar-refractivity contribution is 7.93. The van der Waals surface area contributed by atoms with Crippen LogP contribution in [0.2, 0.25) is 0 Å². The second-order valence-corrected chi connectivity index (χ2v) is 4.42. The van der Waals surface area contributed by atoms with Gasteiger partial charge in [-0.1, -0.05) is 25.6 Å². The molecule has 0 heterocycles. The first-order valence-corrected chi connectivity index (χ1v) is 4.33. The minimum atomic E-state index is -0.127. The maximum Gasteiger partial charge on any atom is 0.129 e. The molecule has 0 N–H and O–H groups in total. The van der Waals surface area contributed by atoms with Crippen molar-refractivity contribution in [1.82, 2.24) is 3.71 Å². The first-order chi connectivity index (χ1) is 4.86. The second-order valence-electron chi connectivity index (χ2n) is 3.30. The molecule has 0 amide bonds. The minimum Gasteiger partial charge on any atom is -0.300 e. The maximum atomic E-state index is 10.6. The highest BCUT2D eigenvalue weighted by atomic mass is 32.2. The van der Waals surface area contributed by atoms with Crippen LogP contribution in [0.1, 0.15) is 33.6 Å². The molecule has 0 aromatic carbocycles. The molecule has 0 aromatic heterocycles. The van der Waals surface area contributed by atoms with Crippen molar-refractivity contribution in [3.63, 3.8) is 0 Å². The summed E-state index contributed by atoms with van der Waals surface area (Å²) in [6.45, 7) is 5.59. The lowest BCUT2D eigenvalue weighted by molar-refractivity contribution is -0.117. The van der Waals surface area contributed by atoms with E-state index in [1.165, 1.54) is 3.71 Å². The fourth-order valence-electron chi connectivity index (χ4n) is 0.582. The molecule has 11 heavy (non-hydrogen) atoms. The normalized spacial score (nSPS) is 12.2. The number of Topliss-reactive ketones (excluding diaryl/α,β-unsaturated/α-hetero) is 1. The number of thiol groups is 2. The summed E-state index contributed by atoms with van der Waals surface area (Å²) in [6, 6.07) is 0. The van der Waals surface area contributed by atoms with Gasteiger partial charge in [0.15, 0.2) is 0 Å². The van der Waals surface area contributed by atoms with Crippen molar-refractivity contribution in [1.29, 1.82) is 0 Å². The van der Waals surface area contributed by atoms with Gasteiger partial charge in [-0.15, -0.1) is 0 Å². The van der Waals surface area contributed by atoms with Crippen LogP contribution in [0.3, 0.4) is 0 Å². The van der Waals surface area contributed by atoms with Gasteiger partial charge in [-0.05, 0) is 27.2 Å². The monoisotopic (exact) mass is 193 g/mol. The number of hydrogen-bond donors (Lipinski definition) is 2. The standard InChI is InChI=1S/C7H15NOS2/c1-6(9)4-5-7(2,3)8(10)11/h10-11H,4-5H2,1-3H3. The Morgan fingerprint density at radius 2 is 1.91 bits per heavy atom. The van der Waals surface area contributed by atoms with E-state index in [4.69, 9.17) is 0 Å². The average Bonchev–Trinajstić information content (AvgIpc) is 1.84. The van der Waals surface area contributed by atoms with Crippen molar-refractivity contribution < 1.29 is 4.79 Å². The molecule has 2 nitrogen and oxygen atoms in total. The van der Waals surface area contributed by atoms with E-state index in [2.05, 4.69) is 25.6 Å². The highest BCUT2D eigenvalue weighted by Crippen LogP contribution is 2.24. The zero-order chi connectivity index (χ0) is 9.07. The molecule has 4 heteroatoms. The number of hydrogen-bond acceptors (Lipinski definition) is 4. The molecule has 0 aliphatic heterocycles. The number of ketones is 1. The Morgan fingerprint density at radius 1 is 1.45 bits per heavy atom. The van der Waals surface area contributed by atoms with Gasteiger partial charge in [0.1, 0.15) is 5.78 Å². The van der Waals surface area contributed by atoms with Crippen LogP contribution < -0.4 is 0 Å². The zero-order valence-electron chi connectivity index (χ0n) is 7.16. The quantitative estimate of drug-likeness (QED) is 0.667. The van der Waals surface area contributed by atoms with Gasteiger partial charge in [-0.25, -0.2) is 0 Å². The van der Waals surface area contributed by atoms with Crippen LogP contribution in [0.4, 0.5) is 0 Å². The molecule has 0 aliphatic rings. The van der Waals surface area contributed by atoms with Crippen LogP contribution in [-0.4, -0.2) is 15.0 Å². The summed E-state index contributed by atoms with van der Waals surface area (Å²) in [7, 11) is 0. The molecular formula is C7H15NOS2. The lowest BCUT2D eigenvalue weighted by Gasteiger charge is -2.29. The second kappa shape index (κ2) is 4.38. The van der Waals surface area contributed by atoms with Crippen molar-refractivity contribution in [2.75, 3.05) is 0 Å². The van der Waals surface area contributed by atoms with Crippen LogP contribution >= 0.6 is 25.6 Å². The number of rotatable bonds is 4. The van der Waals surface area contributed by atoms with Crippen molar-refractivity contribution >= 4 is 31.4 Å². The van der Waals surface area contributed by atoms with E-state index in [0.717, 1.165) is 6.42 Å². The molecule has 66 valence electrons. The van der Waals surface area contributed by atoms with Gasteiger partial charge >= 0.3 is 0 Å². The van der Waals surface area contributed by atoms with Crippen LogP contribution in [-0.2, 0) is 4.79 Å². The van der Waals surface area contributed by atoms with Gasteiger partial charge < -0.3 is 4.79 Å². The van der Waals surface area contributed by atoms with E-state index >= 15 is 0 Å². The minimum absolute atomic E-state index is 0.127. The summed E-state index contributed by atoms with van der Waals surface area (Å²) in [5, 5.41) is 0. The maximum absolute atomic E-state index is 10.6. The lowest BCUT2D eigenvalue weighted by atomic mass is 9.99. The van der Waals surface area contributed by atoms with Gasteiger partial charge in [0.05, 0.1) is 0 Å². The molecule has 0 unspecified atom stereocenters. The summed E-state index contributed by atoms with van der Waals surface area (Å²) in [5.74, 6) is 0.210. The summed E-state index contributed by atoms with van der Waals surface area (Å²) in [6.07, 6.45) is 1.37. The van der Waals surface area contributed by atoms with E-state index in [1.54, 1.807) is 6.92 Å². The van der Waals surface area contributed by atoms with E-state index in [9.17, 15) is 4.79 Å². The molecule has 0 rings (SSSR count). The third-order valence-electron chi connectivity index (χ3n) is 1.63. The lowest BCUT2D eigenvalue weighted by Crippen LogP contribution is -2.31. The zero-order valence-corrected chi connectivity index (χ0v) is 8.95. The Labute approximate surface area is 79.4 Å². The number of nitrogens with zero attached hydrogens (tertiary/aromatic N) is 1. The Balaban J connectivity index is 3.82. The molecule has 0 atom stereocenters. The van der Waals surface area contributed by atoms with Crippen LogP contribution in [0.5, 0.6) is 0 Å². The van der Waals surface area contributed by atoms with Crippen LogP contribution in [0.15, 0.2) is 0 Å². The fraction of sp³-hybridized carbons (Fsp3) is 0.857. The van der Waals surface area contributed by atoms with E-state index in [0.29, 0.717) is 6.42 Å². The molecule has 0 radical (unpaired) electrons. The first kappa shape index (κ1) is 11.3. The van der Waals surface area contributed by atoms with Gasteiger partial charge in [0.25, 0.3) is 0 Å². The molecule has 0 fully saturated rings. The summed E-state index contributed by atoms with van der Waals surface area (Å²) in [4.78, 5) is 10.6. The van der Waals surface area contributed by atoms with Crippen molar-refractivity contribution in [2.45, 2.75) is 39.2 Å². The predicted octanol–water partition coefficient (Wildman–Crippen LogP) is 2.13. The van der Waals surface area contributed by atoms with Crippen molar-refractivity contribution in [2.24, 2.45) is 0 Å². The molecule has 0 saturated heterocycles. The average molecular weight is 193 g/mol. The van der Waals surface area contributed by atoms with Crippen LogP contribution in [0.25, 0.3) is 0 Å². The van der Waals surface area contributed by atoms with E-state index < -0.39 is 0 Å². The number of carbonyl (C=O) groups excluding carboxylic acids is 1. The SMILES string of the molecule is CC(=O)CCC(C)(C)N(S)S. The molecular weight excluding hydrogens is 178 g/mol. The summed E-state index contributed by atoms with van der Waals surface area (Å²) >= 11 is 8.13.